The molecule has 5 nitrogen and oxygen atoms in total. The van der Waals surface area contributed by atoms with Crippen molar-refractivity contribution < 1.29 is 13.6 Å². The van der Waals surface area contributed by atoms with E-state index in [1.54, 1.807) is 30.3 Å². The SMILES string of the molecule is Cc1ccc(C(=N)SC(=N)N)cc1-c1ccc(NC(=O)c2c(F)cccc2F)cc1. The molecule has 0 spiro atoms. The van der Waals surface area contributed by atoms with E-state index >= 15 is 0 Å². The van der Waals surface area contributed by atoms with E-state index < -0.39 is 23.1 Å². The van der Waals surface area contributed by atoms with E-state index in [4.69, 9.17) is 16.6 Å². The van der Waals surface area contributed by atoms with Gasteiger partial charge in [0.15, 0.2) is 5.17 Å². The van der Waals surface area contributed by atoms with E-state index in [2.05, 4.69) is 5.32 Å². The Labute approximate surface area is 176 Å². The molecule has 0 heterocycles. The molecular formula is C22H18F2N4OS. The largest absolute Gasteiger partial charge is 0.378 e. The van der Waals surface area contributed by atoms with Crippen molar-refractivity contribution in [2.45, 2.75) is 6.92 Å². The topological polar surface area (TPSA) is 103 Å². The average Bonchev–Trinajstić information content (AvgIpc) is 2.68. The molecule has 0 aliphatic rings. The highest BCUT2D eigenvalue weighted by atomic mass is 32.2. The van der Waals surface area contributed by atoms with Crippen molar-refractivity contribution in [1.82, 2.24) is 0 Å². The molecule has 0 aliphatic heterocycles. The minimum absolute atomic E-state index is 0.159. The number of nitrogens with two attached hydrogens (primary N) is 1. The van der Waals surface area contributed by atoms with Crippen molar-refractivity contribution in [3.05, 3.63) is 89.0 Å². The fraction of sp³-hybridized carbons (Fsp3) is 0.0455. The lowest BCUT2D eigenvalue weighted by Gasteiger charge is -2.11. The zero-order chi connectivity index (χ0) is 21.8. The summed E-state index contributed by atoms with van der Waals surface area (Å²) in [5.41, 5.74) is 8.42. The first-order valence-corrected chi connectivity index (χ1v) is 9.65. The second kappa shape index (κ2) is 8.87. The van der Waals surface area contributed by atoms with Crippen LogP contribution in [0.3, 0.4) is 0 Å². The molecule has 30 heavy (non-hydrogen) atoms. The van der Waals surface area contributed by atoms with Gasteiger partial charge in [0.1, 0.15) is 22.2 Å². The number of nitrogens with one attached hydrogen (secondary N) is 3. The number of halogens is 2. The lowest BCUT2D eigenvalue weighted by atomic mass is 9.98. The highest BCUT2D eigenvalue weighted by Crippen LogP contribution is 2.27. The Bertz CT molecular complexity index is 1130. The van der Waals surface area contributed by atoms with Crippen LogP contribution in [0.5, 0.6) is 0 Å². The lowest BCUT2D eigenvalue weighted by Crippen LogP contribution is -2.15. The van der Waals surface area contributed by atoms with Gasteiger partial charge in [-0.3, -0.25) is 15.6 Å². The predicted molar refractivity (Wildman–Crippen MR) is 117 cm³/mol. The Morgan fingerprint density at radius 3 is 2.23 bits per heavy atom. The van der Waals surface area contributed by atoms with E-state index in [-0.39, 0.29) is 10.2 Å². The number of amidine groups is 1. The Balaban J connectivity index is 1.83. The Morgan fingerprint density at radius 1 is 1.00 bits per heavy atom. The van der Waals surface area contributed by atoms with Gasteiger partial charge in [-0.15, -0.1) is 0 Å². The molecule has 152 valence electrons. The van der Waals surface area contributed by atoms with E-state index in [9.17, 15) is 13.6 Å². The molecule has 3 aromatic carbocycles. The zero-order valence-electron chi connectivity index (χ0n) is 15.9. The van der Waals surface area contributed by atoms with Crippen LogP contribution in [0.15, 0.2) is 60.7 Å². The molecule has 3 rings (SSSR count). The summed E-state index contributed by atoms with van der Waals surface area (Å²) < 4.78 is 27.5. The van der Waals surface area contributed by atoms with E-state index in [1.165, 1.54) is 6.07 Å². The molecule has 5 N–H and O–H groups in total. The van der Waals surface area contributed by atoms with Gasteiger partial charge < -0.3 is 11.1 Å². The molecule has 0 aromatic heterocycles. The van der Waals surface area contributed by atoms with Gasteiger partial charge in [0.05, 0.1) is 0 Å². The van der Waals surface area contributed by atoms with Crippen molar-refractivity contribution in [1.29, 1.82) is 10.8 Å². The quantitative estimate of drug-likeness (QED) is 0.344. The summed E-state index contributed by atoms with van der Waals surface area (Å²) in [6.07, 6.45) is 0. The minimum Gasteiger partial charge on any atom is -0.378 e. The standard InChI is InChI=1S/C22H18F2N4OS/c1-12-5-6-14(20(25)30-22(26)27)11-16(12)13-7-9-15(10-8-13)28-21(29)19-17(23)3-2-4-18(19)24/h2-11,25H,1H3,(H3,26,27)(H,28,29). The maximum Gasteiger partial charge on any atom is 0.261 e. The Kier molecular flexibility index (Phi) is 6.27. The molecule has 0 unspecified atom stereocenters. The van der Waals surface area contributed by atoms with Crippen molar-refractivity contribution >= 4 is 33.6 Å². The first-order chi connectivity index (χ1) is 14.3. The van der Waals surface area contributed by atoms with Crippen molar-refractivity contribution in [2.75, 3.05) is 5.32 Å². The normalized spacial score (nSPS) is 10.5. The molecule has 1 amide bonds. The molecule has 0 fully saturated rings. The summed E-state index contributed by atoms with van der Waals surface area (Å²) in [6, 6.07) is 15.5. The van der Waals surface area contributed by atoms with Crippen LogP contribution in [0.2, 0.25) is 0 Å². The summed E-state index contributed by atoms with van der Waals surface area (Å²) in [5.74, 6) is -2.73. The summed E-state index contributed by atoms with van der Waals surface area (Å²) >= 11 is 0.862. The molecule has 3 aromatic rings. The van der Waals surface area contributed by atoms with Crippen LogP contribution in [0.1, 0.15) is 21.5 Å². The number of carbonyl (C=O) groups is 1. The predicted octanol–water partition coefficient (Wildman–Crippen LogP) is 5.14. The van der Waals surface area contributed by atoms with Crippen LogP contribution in [0, 0.1) is 29.4 Å². The van der Waals surface area contributed by atoms with Crippen molar-refractivity contribution in [3.8, 4) is 11.1 Å². The summed E-state index contributed by atoms with van der Waals surface area (Å²) in [7, 11) is 0. The van der Waals surface area contributed by atoms with E-state index in [0.717, 1.165) is 40.6 Å². The van der Waals surface area contributed by atoms with Gasteiger partial charge in [-0.25, -0.2) is 8.78 Å². The van der Waals surface area contributed by atoms with Gasteiger partial charge in [0, 0.05) is 11.3 Å². The van der Waals surface area contributed by atoms with Gasteiger partial charge in [-0.1, -0.05) is 30.3 Å². The third-order valence-corrected chi connectivity index (χ3v) is 5.02. The Morgan fingerprint density at radius 2 is 1.63 bits per heavy atom. The third kappa shape index (κ3) is 4.72. The highest BCUT2D eigenvalue weighted by Gasteiger charge is 2.17. The van der Waals surface area contributed by atoms with Crippen LogP contribution in [-0.4, -0.2) is 16.1 Å². The molecule has 0 aliphatic carbocycles. The number of amides is 1. The number of hydrogen-bond donors (Lipinski definition) is 4. The zero-order valence-corrected chi connectivity index (χ0v) is 16.7. The molecule has 0 saturated carbocycles. The number of aryl methyl sites for hydroxylation is 1. The maximum atomic E-state index is 13.8. The second-order valence-corrected chi connectivity index (χ2v) is 7.51. The third-order valence-electron chi connectivity index (χ3n) is 4.36. The lowest BCUT2D eigenvalue weighted by molar-refractivity contribution is 0.101. The minimum atomic E-state index is -0.928. The molecule has 8 heteroatoms. The smallest absolute Gasteiger partial charge is 0.261 e. The fourth-order valence-electron chi connectivity index (χ4n) is 2.88. The number of anilines is 1. The Hall–Kier alpha value is -3.52. The van der Waals surface area contributed by atoms with Crippen molar-refractivity contribution in [3.63, 3.8) is 0 Å². The van der Waals surface area contributed by atoms with Gasteiger partial charge in [0.2, 0.25) is 0 Å². The monoisotopic (exact) mass is 424 g/mol. The van der Waals surface area contributed by atoms with Gasteiger partial charge in [-0.05, 0) is 65.7 Å². The first-order valence-electron chi connectivity index (χ1n) is 8.83. The van der Waals surface area contributed by atoms with Gasteiger partial charge in [-0.2, -0.15) is 0 Å². The van der Waals surface area contributed by atoms with Gasteiger partial charge in [0.25, 0.3) is 5.91 Å². The molecule has 0 radical (unpaired) electrons. The van der Waals surface area contributed by atoms with Crippen LogP contribution >= 0.6 is 11.8 Å². The van der Waals surface area contributed by atoms with Crippen molar-refractivity contribution in [2.24, 2.45) is 5.73 Å². The number of benzene rings is 3. The molecule has 0 atom stereocenters. The van der Waals surface area contributed by atoms with Crippen LogP contribution in [-0.2, 0) is 0 Å². The molecule has 0 bridgehead atoms. The summed E-state index contributed by atoms with van der Waals surface area (Å²) in [6.45, 7) is 1.93. The molecular weight excluding hydrogens is 406 g/mol. The maximum absolute atomic E-state index is 13.8. The molecule has 0 saturated heterocycles. The first kappa shape index (κ1) is 21.2. The second-order valence-electron chi connectivity index (χ2n) is 6.45. The number of carbonyl (C=O) groups excluding carboxylic acids is 1. The fourth-order valence-corrected chi connectivity index (χ4v) is 3.35. The van der Waals surface area contributed by atoms with Crippen LogP contribution in [0.4, 0.5) is 14.5 Å². The van der Waals surface area contributed by atoms with Crippen LogP contribution < -0.4 is 11.1 Å². The average molecular weight is 424 g/mol. The number of hydrogen-bond acceptors (Lipinski definition) is 4. The van der Waals surface area contributed by atoms with Gasteiger partial charge >= 0.3 is 0 Å². The summed E-state index contributed by atoms with van der Waals surface area (Å²) in [5, 5.41) is 17.9. The van der Waals surface area contributed by atoms with E-state index in [0.29, 0.717) is 11.3 Å². The number of rotatable bonds is 4. The summed E-state index contributed by atoms with van der Waals surface area (Å²) in [4.78, 5) is 12.2. The van der Waals surface area contributed by atoms with E-state index in [1.807, 2.05) is 19.1 Å². The highest BCUT2D eigenvalue weighted by molar-refractivity contribution is 8.26. The number of thioether (sulfide) groups is 1. The van der Waals surface area contributed by atoms with Crippen LogP contribution in [0.25, 0.3) is 11.1 Å².